The Morgan fingerprint density at radius 3 is 1.79 bits per heavy atom. The highest BCUT2D eigenvalue weighted by Crippen LogP contribution is 2.57. The summed E-state index contributed by atoms with van der Waals surface area (Å²) >= 11 is 0. The fourth-order valence-electron chi connectivity index (χ4n) is 4.23. The summed E-state index contributed by atoms with van der Waals surface area (Å²) in [4.78, 5) is 5.23. The van der Waals surface area contributed by atoms with Crippen LogP contribution in [0.5, 0.6) is 0 Å². The van der Waals surface area contributed by atoms with Crippen molar-refractivity contribution >= 4 is 5.71 Å². The van der Waals surface area contributed by atoms with Gasteiger partial charge in [0.25, 0.3) is 0 Å². The Bertz CT molecular complexity index is 646. The topological polar surface area (TPSA) is 12.4 Å². The van der Waals surface area contributed by atoms with Gasteiger partial charge in [-0.15, -0.1) is 0 Å². The lowest BCUT2D eigenvalue weighted by atomic mass is 9.77. The molecule has 2 aliphatic rings. The van der Waals surface area contributed by atoms with Gasteiger partial charge in [0.1, 0.15) is 0 Å². The van der Waals surface area contributed by atoms with E-state index in [-0.39, 0.29) is 0 Å². The van der Waals surface area contributed by atoms with Gasteiger partial charge in [-0.3, -0.25) is 4.99 Å². The second-order valence-corrected chi connectivity index (χ2v) is 7.79. The highest BCUT2D eigenvalue weighted by molar-refractivity contribution is 6.12. The van der Waals surface area contributed by atoms with Crippen LogP contribution in [0.2, 0.25) is 0 Å². The summed E-state index contributed by atoms with van der Waals surface area (Å²) in [6.07, 6.45) is 8.56. The molecule has 0 bridgehead atoms. The molecular weight excluding hydrogens is 290 g/mol. The van der Waals surface area contributed by atoms with Gasteiger partial charge in [0.2, 0.25) is 0 Å². The average molecular weight is 317 g/mol. The molecule has 1 heteroatoms. The van der Waals surface area contributed by atoms with E-state index in [9.17, 15) is 0 Å². The molecule has 0 radical (unpaired) electrons. The SMILES string of the molecule is CC(N=C(c1ccccc1)c1ccccc1)C1CCC2(CC1)CC2. The van der Waals surface area contributed by atoms with Crippen LogP contribution in [0.1, 0.15) is 56.6 Å². The monoisotopic (exact) mass is 317 g/mol. The lowest BCUT2D eigenvalue weighted by molar-refractivity contribution is 0.235. The highest BCUT2D eigenvalue weighted by atomic mass is 14.8. The van der Waals surface area contributed by atoms with E-state index in [1.165, 1.54) is 49.7 Å². The minimum absolute atomic E-state index is 0.400. The van der Waals surface area contributed by atoms with Crippen LogP contribution in [0.15, 0.2) is 65.7 Å². The van der Waals surface area contributed by atoms with Gasteiger partial charge in [-0.25, -0.2) is 0 Å². The van der Waals surface area contributed by atoms with Crippen molar-refractivity contribution in [1.82, 2.24) is 0 Å². The Labute approximate surface area is 145 Å². The second kappa shape index (κ2) is 6.55. The van der Waals surface area contributed by atoms with Crippen LogP contribution in [0, 0.1) is 11.3 Å². The minimum Gasteiger partial charge on any atom is -0.281 e. The van der Waals surface area contributed by atoms with Crippen LogP contribution in [0.25, 0.3) is 0 Å². The van der Waals surface area contributed by atoms with Crippen molar-refractivity contribution < 1.29 is 0 Å². The predicted molar refractivity (Wildman–Crippen MR) is 102 cm³/mol. The van der Waals surface area contributed by atoms with Gasteiger partial charge in [-0.05, 0) is 56.8 Å². The molecule has 1 spiro atoms. The first kappa shape index (κ1) is 15.6. The van der Waals surface area contributed by atoms with Gasteiger partial charge in [0, 0.05) is 11.1 Å². The summed E-state index contributed by atoms with van der Waals surface area (Å²) in [5.41, 5.74) is 4.37. The molecule has 24 heavy (non-hydrogen) atoms. The lowest BCUT2D eigenvalue weighted by Crippen LogP contribution is -2.24. The zero-order valence-corrected chi connectivity index (χ0v) is 14.6. The van der Waals surface area contributed by atoms with E-state index in [0.29, 0.717) is 6.04 Å². The minimum atomic E-state index is 0.400. The highest BCUT2D eigenvalue weighted by Gasteiger charge is 2.45. The smallest absolute Gasteiger partial charge is 0.0722 e. The molecule has 4 rings (SSSR count). The Balaban J connectivity index is 1.59. The van der Waals surface area contributed by atoms with E-state index >= 15 is 0 Å². The van der Waals surface area contributed by atoms with Crippen molar-refractivity contribution in [2.75, 3.05) is 0 Å². The van der Waals surface area contributed by atoms with Gasteiger partial charge < -0.3 is 0 Å². The van der Waals surface area contributed by atoms with E-state index in [1.807, 2.05) is 0 Å². The van der Waals surface area contributed by atoms with Crippen molar-refractivity contribution in [2.45, 2.75) is 51.5 Å². The average Bonchev–Trinajstić information content (AvgIpc) is 3.40. The first-order chi connectivity index (χ1) is 11.8. The summed E-state index contributed by atoms with van der Waals surface area (Å²) in [6, 6.07) is 21.7. The molecule has 0 amide bonds. The van der Waals surface area contributed by atoms with E-state index in [2.05, 4.69) is 67.6 Å². The number of nitrogens with zero attached hydrogens (tertiary/aromatic N) is 1. The van der Waals surface area contributed by atoms with Crippen molar-refractivity contribution in [3.8, 4) is 0 Å². The summed E-state index contributed by atoms with van der Waals surface area (Å²) in [5, 5.41) is 0. The Kier molecular flexibility index (Phi) is 4.26. The molecule has 2 saturated carbocycles. The van der Waals surface area contributed by atoms with Gasteiger partial charge in [0.15, 0.2) is 0 Å². The Hall–Kier alpha value is -1.89. The summed E-state index contributed by atoms with van der Waals surface area (Å²) in [7, 11) is 0. The molecule has 0 aromatic heterocycles. The summed E-state index contributed by atoms with van der Waals surface area (Å²) < 4.78 is 0. The van der Waals surface area contributed by atoms with Crippen molar-refractivity contribution in [3.05, 3.63) is 71.8 Å². The zero-order valence-electron chi connectivity index (χ0n) is 14.6. The number of hydrogen-bond acceptors (Lipinski definition) is 1. The molecule has 0 N–H and O–H groups in total. The van der Waals surface area contributed by atoms with Gasteiger partial charge in [-0.2, -0.15) is 0 Å². The van der Waals surface area contributed by atoms with Gasteiger partial charge in [0.05, 0.1) is 11.8 Å². The third-order valence-electron chi connectivity index (χ3n) is 6.16. The number of aliphatic imine (C=N–C) groups is 1. The van der Waals surface area contributed by atoms with E-state index < -0.39 is 0 Å². The summed E-state index contributed by atoms with van der Waals surface area (Å²) in [5.74, 6) is 0.749. The largest absolute Gasteiger partial charge is 0.281 e. The maximum Gasteiger partial charge on any atom is 0.0722 e. The molecule has 124 valence electrons. The Morgan fingerprint density at radius 2 is 1.33 bits per heavy atom. The second-order valence-electron chi connectivity index (χ2n) is 7.79. The predicted octanol–water partition coefficient (Wildman–Crippen LogP) is 5.88. The molecule has 1 unspecified atom stereocenters. The van der Waals surface area contributed by atoms with Crippen molar-refractivity contribution in [2.24, 2.45) is 16.3 Å². The quantitative estimate of drug-likeness (QED) is 0.624. The fourth-order valence-corrected chi connectivity index (χ4v) is 4.23. The number of rotatable bonds is 4. The zero-order chi connectivity index (χ0) is 16.4. The van der Waals surface area contributed by atoms with Crippen molar-refractivity contribution in [3.63, 3.8) is 0 Å². The number of benzene rings is 2. The van der Waals surface area contributed by atoms with Crippen molar-refractivity contribution in [1.29, 1.82) is 0 Å². The third kappa shape index (κ3) is 3.31. The van der Waals surface area contributed by atoms with Crippen LogP contribution in [0.3, 0.4) is 0 Å². The fraction of sp³-hybridized carbons (Fsp3) is 0.435. The third-order valence-corrected chi connectivity index (χ3v) is 6.16. The van der Waals surface area contributed by atoms with Gasteiger partial charge in [-0.1, -0.05) is 60.7 Å². The maximum absolute atomic E-state index is 5.23. The molecule has 2 fully saturated rings. The van der Waals surface area contributed by atoms with Crippen LogP contribution in [-0.2, 0) is 0 Å². The Morgan fingerprint density at radius 1 is 0.833 bits per heavy atom. The molecule has 1 atom stereocenters. The molecule has 2 aromatic rings. The standard InChI is InChI=1S/C23H27N/c1-18(19-12-14-23(15-13-19)16-17-23)24-22(20-8-4-2-5-9-20)21-10-6-3-7-11-21/h2-11,18-19H,12-17H2,1H3. The lowest BCUT2D eigenvalue weighted by Gasteiger charge is -2.31. The molecule has 0 aliphatic heterocycles. The van der Waals surface area contributed by atoms with Crippen LogP contribution in [0.4, 0.5) is 0 Å². The molecular formula is C23H27N. The summed E-state index contributed by atoms with van der Waals surface area (Å²) in [6.45, 7) is 2.32. The van der Waals surface area contributed by atoms with Crippen LogP contribution < -0.4 is 0 Å². The normalized spacial score (nSPS) is 20.5. The van der Waals surface area contributed by atoms with Gasteiger partial charge >= 0.3 is 0 Å². The first-order valence-electron chi connectivity index (χ1n) is 9.44. The first-order valence-corrected chi connectivity index (χ1v) is 9.44. The molecule has 0 saturated heterocycles. The molecule has 2 aliphatic carbocycles. The van der Waals surface area contributed by atoms with Crippen LogP contribution >= 0.6 is 0 Å². The molecule has 2 aromatic carbocycles. The molecule has 0 heterocycles. The van der Waals surface area contributed by atoms with E-state index in [4.69, 9.17) is 4.99 Å². The van der Waals surface area contributed by atoms with E-state index in [0.717, 1.165) is 17.0 Å². The maximum atomic E-state index is 5.23. The van der Waals surface area contributed by atoms with E-state index in [1.54, 1.807) is 0 Å². The number of hydrogen-bond donors (Lipinski definition) is 0. The van der Waals surface area contributed by atoms with Crippen LogP contribution in [-0.4, -0.2) is 11.8 Å². The molecule has 1 nitrogen and oxygen atoms in total.